The first-order chi connectivity index (χ1) is 16.1. The lowest BCUT2D eigenvalue weighted by molar-refractivity contribution is -0.254. The molecule has 7 nitrogen and oxygen atoms in total. The normalized spacial score (nSPS) is 49.9. The molecule has 0 amide bonds. The maximum Gasteiger partial charge on any atom is 0.303 e. The molecule has 2 unspecified atom stereocenters. The van der Waals surface area contributed by atoms with Gasteiger partial charge in [0, 0.05) is 30.1 Å². The molecule has 3 saturated carbocycles. The first-order valence-corrected chi connectivity index (χ1v) is 12.4. The van der Waals surface area contributed by atoms with E-state index in [0.717, 1.165) is 0 Å². The molecular weight excluding hydrogens is 462 g/mol. The first-order valence-electron chi connectivity index (χ1n) is 12.4. The Hall–Kier alpha value is -1.71. The van der Waals surface area contributed by atoms with E-state index in [2.05, 4.69) is 0 Å². The molecule has 9 heteroatoms. The summed E-state index contributed by atoms with van der Waals surface area (Å²) in [7, 11) is 0. The number of carbonyl (C=O) groups excluding carboxylic acids is 3. The monoisotopic (exact) mass is 496 g/mol. The van der Waals surface area contributed by atoms with Gasteiger partial charge in [-0.1, -0.05) is 13.8 Å². The summed E-state index contributed by atoms with van der Waals surface area (Å²) < 4.78 is 50.4. The third-order valence-corrected chi connectivity index (χ3v) is 9.84. The van der Waals surface area contributed by atoms with Crippen molar-refractivity contribution in [3.63, 3.8) is 0 Å². The lowest BCUT2D eigenvalue weighted by Gasteiger charge is -2.64. The van der Waals surface area contributed by atoms with Crippen LogP contribution in [0.4, 0.5) is 8.78 Å². The fourth-order valence-corrected chi connectivity index (χ4v) is 8.43. The number of esters is 1. The Morgan fingerprint density at radius 2 is 1.89 bits per heavy atom. The second-order valence-corrected chi connectivity index (χ2v) is 12.0. The number of hydrogen-bond acceptors (Lipinski definition) is 7. The van der Waals surface area contributed by atoms with Gasteiger partial charge in [-0.3, -0.25) is 14.4 Å². The molecule has 0 aromatic rings. The third-order valence-electron chi connectivity index (χ3n) is 9.84. The Labute approximate surface area is 203 Å². The van der Waals surface area contributed by atoms with E-state index >= 15 is 8.78 Å². The zero-order valence-corrected chi connectivity index (χ0v) is 20.9. The van der Waals surface area contributed by atoms with E-state index < -0.39 is 76.5 Å². The van der Waals surface area contributed by atoms with Gasteiger partial charge < -0.3 is 19.3 Å². The Morgan fingerprint density at radius 3 is 2.54 bits per heavy atom. The van der Waals surface area contributed by atoms with Gasteiger partial charge in [0.05, 0.1) is 12.2 Å². The van der Waals surface area contributed by atoms with E-state index in [1.807, 2.05) is 0 Å². The van der Waals surface area contributed by atoms with Crippen LogP contribution in [0.25, 0.3) is 0 Å². The van der Waals surface area contributed by atoms with Crippen LogP contribution in [-0.4, -0.2) is 64.7 Å². The SMILES string of the molecule is CC(=O)OCC(=O)[C@@]12OC(C)(C)OC1C[C@H]1[C@@H]3C[C@H](F)C4=CC(=O)CC[C@]4(C)C3(F)[C@@H](O)C[C@@]12C. The van der Waals surface area contributed by atoms with Crippen LogP contribution in [0.3, 0.4) is 0 Å². The molecule has 0 aromatic carbocycles. The first kappa shape index (κ1) is 25.0. The number of hydrogen-bond donors (Lipinski definition) is 1. The lowest BCUT2D eigenvalue weighted by Crippen LogP contribution is -2.71. The average molecular weight is 497 g/mol. The number of rotatable bonds is 3. The van der Waals surface area contributed by atoms with Gasteiger partial charge >= 0.3 is 5.97 Å². The van der Waals surface area contributed by atoms with Crippen LogP contribution in [0.5, 0.6) is 0 Å². The predicted molar refractivity (Wildman–Crippen MR) is 119 cm³/mol. The molecule has 0 radical (unpaired) electrons. The second kappa shape index (κ2) is 7.42. The quantitative estimate of drug-likeness (QED) is 0.599. The Bertz CT molecular complexity index is 1030. The van der Waals surface area contributed by atoms with Crippen molar-refractivity contribution in [1.82, 2.24) is 0 Å². The molecule has 5 aliphatic rings. The van der Waals surface area contributed by atoms with Crippen molar-refractivity contribution in [1.29, 1.82) is 0 Å². The highest BCUT2D eigenvalue weighted by Crippen LogP contribution is 2.73. The number of carbonyl (C=O) groups is 3. The summed E-state index contributed by atoms with van der Waals surface area (Å²) in [6.07, 6.45) is -2.44. The van der Waals surface area contributed by atoms with E-state index in [1.165, 1.54) is 13.0 Å². The Morgan fingerprint density at radius 1 is 1.20 bits per heavy atom. The molecular formula is C26H34F2O7. The molecule has 1 N–H and O–H groups in total. The van der Waals surface area contributed by atoms with Crippen molar-refractivity contribution in [2.45, 2.75) is 102 Å². The lowest BCUT2D eigenvalue weighted by atomic mass is 9.43. The molecule has 0 spiro atoms. The van der Waals surface area contributed by atoms with Crippen LogP contribution in [0.1, 0.15) is 66.7 Å². The number of alkyl halides is 2. The second-order valence-electron chi connectivity index (χ2n) is 12.0. The molecule has 35 heavy (non-hydrogen) atoms. The maximum atomic E-state index is 17.3. The molecule has 1 saturated heterocycles. The number of fused-ring (bicyclic) bond motifs is 7. The van der Waals surface area contributed by atoms with Gasteiger partial charge in [0.2, 0.25) is 5.78 Å². The highest BCUT2D eigenvalue weighted by Gasteiger charge is 2.80. The summed E-state index contributed by atoms with van der Waals surface area (Å²) in [6, 6.07) is 0. The average Bonchev–Trinajstić information content (AvgIpc) is 3.16. The largest absolute Gasteiger partial charge is 0.458 e. The van der Waals surface area contributed by atoms with E-state index in [9.17, 15) is 19.5 Å². The molecule has 9 atom stereocenters. The Balaban J connectivity index is 1.61. The van der Waals surface area contributed by atoms with Crippen LogP contribution in [-0.2, 0) is 28.6 Å². The summed E-state index contributed by atoms with van der Waals surface area (Å²) in [5, 5.41) is 11.5. The maximum absolute atomic E-state index is 17.3. The number of allylic oxidation sites excluding steroid dienone is 1. The molecule has 0 aromatic heterocycles. The standard InChI is InChI=1S/C26H34F2O7/c1-13(29)33-12-20(32)26-21(34-22(2,3)35-26)10-15-16-9-18(27)17-8-14(30)6-7-23(17,4)25(16,28)19(31)11-24(15,26)5/h8,15-16,18-19,21,31H,6-7,9-12H2,1-5H3/t15-,16-,18-,19-,21?,23-,24-,25?,26+/m0/s1. The van der Waals surface area contributed by atoms with Gasteiger partial charge in [0.1, 0.15) is 11.8 Å². The molecule has 0 bridgehead atoms. The van der Waals surface area contributed by atoms with Crippen molar-refractivity contribution in [2.75, 3.05) is 6.61 Å². The number of halogens is 2. The topological polar surface area (TPSA) is 99.1 Å². The molecule has 4 fully saturated rings. The minimum atomic E-state index is -2.18. The van der Waals surface area contributed by atoms with Crippen LogP contribution < -0.4 is 0 Å². The number of Topliss-reactive ketones (excluding diaryl/α,β-unsaturated/α-hetero) is 1. The summed E-state index contributed by atoms with van der Waals surface area (Å²) in [4.78, 5) is 37.2. The van der Waals surface area contributed by atoms with Gasteiger partial charge in [-0.2, -0.15) is 0 Å². The third kappa shape index (κ3) is 3.01. The number of ketones is 2. The van der Waals surface area contributed by atoms with Gasteiger partial charge in [-0.05, 0) is 57.1 Å². The van der Waals surface area contributed by atoms with E-state index in [0.29, 0.717) is 0 Å². The fourth-order valence-electron chi connectivity index (χ4n) is 8.43. The summed E-state index contributed by atoms with van der Waals surface area (Å²) in [6.45, 7) is 7.42. The van der Waals surface area contributed by atoms with Crippen molar-refractivity contribution in [2.24, 2.45) is 22.7 Å². The molecule has 5 rings (SSSR count). The number of ether oxygens (including phenoxy) is 3. The van der Waals surface area contributed by atoms with Gasteiger partial charge in [0.15, 0.2) is 23.8 Å². The minimum Gasteiger partial charge on any atom is -0.458 e. The van der Waals surface area contributed by atoms with Gasteiger partial charge in [-0.25, -0.2) is 8.78 Å². The highest BCUT2D eigenvalue weighted by atomic mass is 19.1. The van der Waals surface area contributed by atoms with E-state index in [-0.39, 0.29) is 43.5 Å². The molecule has 1 aliphatic heterocycles. The van der Waals surface area contributed by atoms with Crippen LogP contribution >= 0.6 is 0 Å². The van der Waals surface area contributed by atoms with Gasteiger partial charge in [-0.15, -0.1) is 0 Å². The summed E-state index contributed by atoms with van der Waals surface area (Å²) in [5.41, 5.74) is -6.06. The van der Waals surface area contributed by atoms with Crippen molar-refractivity contribution in [3.8, 4) is 0 Å². The van der Waals surface area contributed by atoms with E-state index in [1.54, 1.807) is 27.7 Å². The zero-order valence-electron chi connectivity index (χ0n) is 20.9. The van der Waals surface area contributed by atoms with Crippen LogP contribution in [0.15, 0.2) is 11.6 Å². The predicted octanol–water partition coefficient (Wildman–Crippen LogP) is 3.16. The summed E-state index contributed by atoms with van der Waals surface area (Å²) in [5.74, 6) is -3.93. The Kier molecular flexibility index (Phi) is 5.29. The highest BCUT2D eigenvalue weighted by molar-refractivity contribution is 5.93. The summed E-state index contributed by atoms with van der Waals surface area (Å²) >= 11 is 0. The zero-order chi connectivity index (χ0) is 25.8. The van der Waals surface area contributed by atoms with Gasteiger partial charge in [0.25, 0.3) is 0 Å². The van der Waals surface area contributed by atoms with Crippen LogP contribution in [0.2, 0.25) is 0 Å². The molecule has 1 heterocycles. The van der Waals surface area contributed by atoms with Crippen molar-refractivity contribution >= 4 is 17.5 Å². The smallest absolute Gasteiger partial charge is 0.303 e. The van der Waals surface area contributed by atoms with E-state index in [4.69, 9.17) is 14.2 Å². The minimum absolute atomic E-state index is 0.0909. The number of aliphatic hydroxyl groups is 1. The van der Waals surface area contributed by atoms with Crippen molar-refractivity contribution < 1.29 is 42.5 Å². The fraction of sp³-hybridized carbons (Fsp3) is 0.808. The molecule has 194 valence electrons. The van der Waals surface area contributed by atoms with Crippen molar-refractivity contribution in [3.05, 3.63) is 11.6 Å². The van der Waals surface area contributed by atoms with Crippen LogP contribution in [0, 0.1) is 22.7 Å². The number of aliphatic hydroxyl groups excluding tert-OH is 1. The molecule has 4 aliphatic carbocycles.